The minimum atomic E-state index is -0.189. The number of aryl methyl sites for hydroxylation is 2. The highest BCUT2D eigenvalue weighted by atomic mass is 16.5. The van der Waals surface area contributed by atoms with Crippen molar-refractivity contribution < 1.29 is 9.53 Å². The summed E-state index contributed by atoms with van der Waals surface area (Å²) < 4.78 is 5.42. The SMILES string of the molecule is C=CCOc1ccc(/C=C\C(=O)Nc2cc(C)cc(C)c2)cc1N. The Morgan fingerprint density at radius 2 is 1.92 bits per heavy atom. The number of benzene rings is 2. The van der Waals surface area contributed by atoms with Crippen molar-refractivity contribution in [2.24, 2.45) is 0 Å². The number of hydrogen-bond acceptors (Lipinski definition) is 3. The molecule has 0 aliphatic rings. The zero-order valence-corrected chi connectivity index (χ0v) is 14.0. The van der Waals surface area contributed by atoms with Gasteiger partial charge in [0.1, 0.15) is 12.4 Å². The van der Waals surface area contributed by atoms with Crippen LogP contribution in [0.15, 0.2) is 55.1 Å². The average Bonchev–Trinajstić information content (AvgIpc) is 2.51. The van der Waals surface area contributed by atoms with Gasteiger partial charge in [0.25, 0.3) is 0 Å². The molecule has 2 rings (SSSR count). The highest BCUT2D eigenvalue weighted by Crippen LogP contribution is 2.23. The lowest BCUT2D eigenvalue weighted by atomic mass is 10.1. The third-order valence-electron chi connectivity index (χ3n) is 3.31. The van der Waals surface area contributed by atoms with Gasteiger partial charge in [-0.05, 0) is 60.9 Å². The van der Waals surface area contributed by atoms with E-state index in [2.05, 4.69) is 18.0 Å². The van der Waals surface area contributed by atoms with Gasteiger partial charge in [-0.25, -0.2) is 0 Å². The molecule has 0 aromatic heterocycles. The Kier molecular flexibility index (Phi) is 5.79. The number of nitrogen functional groups attached to an aromatic ring is 1. The van der Waals surface area contributed by atoms with Gasteiger partial charge in [0, 0.05) is 11.8 Å². The second kappa shape index (κ2) is 8.02. The molecule has 1 amide bonds. The van der Waals surface area contributed by atoms with E-state index in [0.29, 0.717) is 18.0 Å². The first kappa shape index (κ1) is 17.3. The highest BCUT2D eigenvalue weighted by molar-refractivity contribution is 6.02. The number of nitrogens with two attached hydrogens (primary N) is 1. The van der Waals surface area contributed by atoms with Gasteiger partial charge in [-0.3, -0.25) is 4.79 Å². The zero-order chi connectivity index (χ0) is 17.5. The Bertz CT molecular complexity index is 759. The van der Waals surface area contributed by atoms with E-state index >= 15 is 0 Å². The summed E-state index contributed by atoms with van der Waals surface area (Å²) >= 11 is 0. The molecule has 0 fully saturated rings. The molecule has 24 heavy (non-hydrogen) atoms. The number of ether oxygens (including phenoxy) is 1. The summed E-state index contributed by atoms with van der Waals surface area (Å²) in [4.78, 5) is 12.0. The van der Waals surface area contributed by atoms with Crippen LogP contribution >= 0.6 is 0 Å². The van der Waals surface area contributed by atoms with E-state index in [0.717, 1.165) is 22.4 Å². The van der Waals surface area contributed by atoms with Crippen molar-refractivity contribution in [2.45, 2.75) is 13.8 Å². The Balaban J connectivity index is 2.03. The molecule has 0 saturated heterocycles. The first-order valence-electron chi connectivity index (χ1n) is 7.68. The molecule has 0 spiro atoms. The van der Waals surface area contributed by atoms with E-state index in [9.17, 15) is 4.79 Å². The first-order valence-corrected chi connectivity index (χ1v) is 7.68. The van der Waals surface area contributed by atoms with Gasteiger partial charge in [0.15, 0.2) is 0 Å². The topological polar surface area (TPSA) is 64.3 Å². The fourth-order valence-electron chi connectivity index (χ4n) is 2.35. The minimum absolute atomic E-state index is 0.189. The third kappa shape index (κ3) is 5.02. The quantitative estimate of drug-likeness (QED) is 0.478. The van der Waals surface area contributed by atoms with Gasteiger partial charge >= 0.3 is 0 Å². The van der Waals surface area contributed by atoms with Crippen LogP contribution in [0.4, 0.5) is 11.4 Å². The van der Waals surface area contributed by atoms with Crippen LogP contribution in [-0.2, 0) is 4.79 Å². The van der Waals surface area contributed by atoms with Crippen molar-refractivity contribution in [3.05, 3.63) is 71.8 Å². The molecule has 2 aromatic rings. The molecule has 0 atom stereocenters. The van der Waals surface area contributed by atoms with Crippen LogP contribution < -0.4 is 15.8 Å². The van der Waals surface area contributed by atoms with Gasteiger partial charge in [-0.15, -0.1) is 0 Å². The number of carbonyl (C=O) groups is 1. The summed E-state index contributed by atoms with van der Waals surface area (Å²) in [6, 6.07) is 11.3. The van der Waals surface area contributed by atoms with Crippen LogP contribution in [0, 0.1) is 13.8 Å². The smallest absolute Gasteiger partial charge is 0.248 e. The maximum absolute atomic E-state index is 12.0. The van der Waals surface area contributed by atoms with Gasteiger partial charge in [-0.1, -0.05) is 24.8 Å². The minimum Gasteiger partial charge on any atom is -0.487 e. The number of rotatable bonds is 6. The first-order chi connectivity index (χ1) is 11.5. The standard InChI is InChI=1S/C20H22N2O2/c1-4-9-24-19-7-5-16(13-18(19)21)6-8-20(23)22-17-11-14(2)10-15(3)12-17/h4-8,10-13H,1,9,21H2,2-3H3,(H,22,23)/b8-6-. The van der Waals surface area contributed by atoms with Crippen LogP contribution in [0.1, 0.15) is 16.7 Å². The molecule has 4 heteroatoms. The lowest BCUT2D eigenvalue weighted by Crippen LogP contribution is -2.08. The highest BCUT2D eigenvalue weighted by Gasteiger charge is 2.02. The molecule has 0 aliphatic heterocycles. The molecule has 0 saturated carbocycles. The summed E-state index contributed by atoms with van der Waals surface area (Å²) in [5.41, 5.74) is 10.3. The Hall–Kier alpha value is -3.01. The molecule has 2 aromatic carbocycles. The molecule has 0 bridgehead atoms. The fraction of sp³-hybridized carbons (Fsp3) is 0.150. The number of hydrogen-bond donors (Lipinski definition) is 2. The van der Waals surface area contributed by atoms with Crippen LogP contribution in [-0.4, -0.2) is 12.5 Å². The summed E-state index contributed by atoms with van der Waals surface area (Å²) in [5, 5.41) is 2.85. The number of nitrogens with one attached hydrogen (secondary N) is 1. The van der Waals surface area contributed by atoms with Crippen LogP contribution in [0.5, 0.6) is 5.75 Å². The summed E-state index contributed by atoms with van der Waals surface area (Å²) in [5.74, 6) is 0.414. The molecule has 4 nitrogen and oxygen atoms in total. The molecule has 0 radical (unpaired) electrons. The Morgan fingerprint density at radius 3 is 2.54 bits per heavy atom. The van der Waals surface area contributed by atoms with E-state index in [4.69, 9.17) is 10.5 Å². The summed E-state index contributed by atoms with van der Waals surface area (Å²) in [6.45, 7) is 7.99. The zero-order valence-electron chi connectivity index (χ0n) is 14.0. The van der Waals surface area contributed by atoms with E-state index in [1.165, 1.54) is 6.08 Å². The Morgan fingerprint density at radius 1 is 1.21 bits per heavy atom. The fourth-order valence-corrected chi connectivity index (χ4v) is 2.35. The second-order valence-corrected chi connectivity index (χ2v) is 5.60. The average molecular weight is 322 g/mol. The third-order valence-corrected chi connectivity index (χ3v) is 3.31. The molecular formula is C20H22N2O2. The van der Waals surface area contributed by atoms with E-state index in [1.54, 1.807) is 24.3 Å². The number of amides is 1. The Labute approximate surface area is 142 Å². The normalized spacial score (nSPS) is 10.6. The predicted molar refractivity (Wildman–Crippen MR) is 100 cm³/mol. The number of carbonyl (C=O) groups excluding carboxylic acids is 1. The van der Waals surface area contributed by atoms with Crippen molar-refractivity contribution in [3.8, 4) is 5.75 Å². The lowest BCUT2D eigenvalue weighted by Gasteiger charge is -2.07. The summed E-state index contributed by atoms with van der Waals surface area (Å²) in [7, 11) is 0. The van der Waals surface area contributed by atoms with Crippen molar-refractivity contribution in [3.63, 3.8) is 0 Å². The van der Waals surface area contributed by atoms with Crippen LogP contribution in [0.3, 0.4) is 0 Å². The van der Waals surface area contributed by atoms with Crippen molar-refractivity contribution in [1.82, 2.24) is 0 Å². The van der Waals surface area contributed by atoms with E-state index in [1.807, 2.05) is 32.0 Å². The van der Waals surface area contributed by atoms with Crippen molar-refractivity contribution in [2.75, 3.05) is 17.7 Å². The molecular weight excluding hydrogens is 300 g/mol. The van der Waals surface area contributed by atoms with Crippen molar-refractivity contribution in [1.29, 1.82) is 0 Å². The van der Waals surface area contributed by atoms with Crippen LogP contribution in [0.2, 0.25) is 0 Å². The predicted octanol–water partition coefficient (Wildman–Crippen LogP) is 4.10. The molecule has 0 heterocycles. The molecule has 0 unspecified atom stereocenters. The number of anilines is 2. The van der Waals surface area contributed by atoms with E-state index in [-0.39, 0.29) is 5.91 Å². The van der Waals surface area contributed by atoms with Gasteiger partial charge in [0.2, 0.25) is 5.91 Å². The molecule has 3 N–H and O–H groups in total. The second-order valence-electron chi connectivity index (χ2n) is 5.60. The molecule has 0 aliphatic carbocycles. The monoisotopic (exact) mass is 322 g/mol. The van der Waals surface area contributed by atoms with Gasteiger partial charge < -0.3 is 15.8 Å². The van der Waals surface area contributed by atoms with Crippen molar-refractivity contribution >= 4 is 23.4 Å². The molecule has 124 valence electrons. The van der Waals surface area contributed by atoms with Gasteiger partial charge in [0.05, 0.1) is 5.69 Å². The maximum atomic E-state index is 12.0. The van der Waals surface area contributed by atoms with Crippen LogP contribution in [0.25, 0.3) is 6.08 Å². The maximum Gasteiger partial charge on any atom is 0.248 e. The van der Waals surface area contributed by atoms with E-state index < -0.39 is 0 Å². The summed E-state index contributed by atoms with van der Waals surface area (Å²) in [6.07, 6.45) is 4.85. The lowest BCUT2D eigenvalue weighted by molar-refractivity contribution is -0.111. The van der Waals surface area contributed by atoms with Gasteiger partial charge in [-0.2, -0.15) is 0 Å². The largest absolute Gasteiger partial charge is 0.487 e.